The lowest BCUT2D eigenvalue weighted by Crippen LogP contribution is -2.41. The highest BCUT2D eigenvalue weighted by Gasteiger charge is 2.16. The smallest absolute Gasteiger partial charge is 0.191 e. The van der Waals surface area contributed by atoms with E-state index in [0.717, 1.165) is 11.1 Å². The Hall–Kier alpha value is -1.03. The standard InChI is InChI=1S/C17H24Cl2N6.HI/c1-20-17(21-8-12-5-6-14(18)7-15(12)19)22-10-16(24(2)3)13-9-23-25(4)11-13;/h5-7,9,11,16H,8,10H2,1-4H3,(H2,20,21,22);1H. The molecule has 0 aliphatic rings. The molecule has 9 heteroatoms. The van der Waals surface area contributed by atoms with E-state index in [2.05, 4.69) is 25.6 Å². The molecule has 0 aliphatic heterocycles. The fourth-order valence-corrected chi connectivity index (χ4v) is 2.94. The highest BCUT2D eigenvalue weighted by molar-refractivity contribution is 14.0. The Morgan fingerprint density at radius 1 is 1.31 bits per heavy atom. The topological polar surface area (TPSA) is 57.5 Å². The molecule has 0 aliphatic carbocycles. The van der Waals surface area contributed by atoms with Gasteiger partial charge >= 0.3 is 0 Å². The molecular weight excluding hydrogens is 486 g/mol. The van der Waals surface area contributed by atoms with Crippen LogP contribution in [0.4, 0.5) is 0 Å². The molecule has 0 saturated heterocycles. The Kier molecular flexibility index (Phi) is 9.70. The van der Waals surface area contributed by atoms with Crippen molar-refractivity contribution in [1.29, 1.82) is 0 Å². The molecule has 1 atom stereocenters. The molecule has 1 aromatic carbocycles. The van der Waals surface area contributed by atoms with Gasteiger partial charge in [0.25, 0.3) is 0 Å². The van der Waals surface area contributed by atoms with E-state index in [0.29, 0.717) is 29.1 Å². The Bertz CT molecular complexity index is 732. The fourth-order valence-electron chi connectivity index (χ4n) is 2.47. The first-order chi connectivity index (χ1) is 11.9. The molecule has 2 rings (SSSR count). The highest BCUT2D eigenvalue weighted by Crippen LogP contribution is 2.20. The number of hydrogen-bond acceptors (Lipinski definition) is 3. The van der Waals surface area contributed by atoms with E-state index < -0.39 is 0 Å². The first-order valence-electron chi connectivity index (χ1n) is 7.94. The van der Waals surface area contributed by atoms with Crippen molar-refractivity contribution < 1.29 is 0 Å². The molecule has 0 saturated carbocycles. The maximum Gasteiger partial charge on any atom is 0.191 e. The summed E-state index contributed by atoms with van der Waals surface area (Å²) < 4.78 is 1.81. The summed E-state index contributed by atoms with van der Waals surface area (Å²) in [6, 6.07) is 5.65. The van der Waals surface area contributed by atoms with Gasteiger partial charge in [-0.25, -0.2) is 0 Å². The van der Waals surface area contributed by atoms with Crippen LogP contribution >= 0.6 is 47.2 Å². The summed E-state index contributed by atoms with van der Waals surface area (Å²) in [5.41, 5.74) is 2.11. The van der Waals surface area contributed by atoms with Crippen molar-refractivity contribution in [2.75, 3.05) is 27.7 Å². The molecule has 0 amide bonds. The number of aliphatic imine (C=N–C) groups is 1. The van der Waals surface area contributed by atoms with Crippen LogP contribution in [-0.2, 0) is 13.6 Å². The number of aryl methyl sites for hydroxylation is 1. The monoisotopic (exact) mass is 510 g/mol. The van der Waals surface area contributed by atoms with Crippen LogP contribution in [0.3, 0.4) is 0 Å². The number of halogens is 3. The van der Waals surface area contributed by atoms with Crippen molar-refractivity contribution in [3.05, 3.63) is 51.8 Å². The van der Waals surface area contributed by atoms with Crippen molar-refractivity contribution in [1.82, 2.24) is 25.3 Å². The predicted octanol–water partition coefficient (Wildman–Crippen LogP) is 3.31. The lowest BCUT2D eigenvalue weighted by Gasteiger charge is -2.24. The fraction of sp³-hybridized carbons (Fsp3) is 0.412. The second-order valence-electron chi connectivity index (χ2n) is 5.97. The molecule has 1 heterocycles. The zero-order chi connectivity index (χ0) is 18.4. The van der Waals surface area contributed by atoms with Crippen LogP contribution in [0.15, 0.2) is 35.6 Å². The van der Waals surface area contributed by atoms with Gasteiger partial charge in [0, 0.05) is 49.0 Å². The van der Waals surface area contributed by atoms with Gasteiger partial charge in [0.2, 0.25) is 0 Å². The summed E-state index contributed by atoms with van der Waals surface area (Å²) in [7, 11) is 7.75. The minimum Gasteiger partial charge on any atom is -0.354 e. The van der Waals surface area contributed by atoms with Gasteiger partial charge in [-0.3, -0.25) is 9.67 Å². The van der Waals surface area contributed by atoms with Gasteiger partial charge in [0.1, 0.15) is 0 Å². The van der Waals surface area contributed by atoms with E-state index >= 15 is 0 Å². The number of aromatic nitrogens is 2. The molecule has 0 spiro atoms. The lowest BCUT2D eigenvalue weighted by atomic mass is 10.1. The molecule has 2 N–H and O–H groups in total. The number of nitrogens with one attached hydrogen (secondary N) is 2. The van der Waals surface area contributed by atoms with Gasteiger partial charge in [0.15, 0.2) is 5.96 Å². The molecule has 0 bridgehead atoms. The van der Waals surface area contributed by atoms with Crippen LogP contribution in [0.25, 0.3) is 0 Å². The van der Waals surface area contributed by atoms with E-state index in [1.165, 1.54) is 0 Å². The van der Waals surface area contributed by atoms with Crippen LogP contribution in [0.2, 0.25) is 10.0 Å². The van der Waals surface area contributed by atoms with Gasteiger partial charge < -0.3 is 15.5 Å². The predicted molar refractivity (Wildman–Crippen MR) is 120 cm³/mol. The minimum absolute atomic E-state index is 0. The largest absolute Gasteiger partial charge is 0.354 e. The zero-order valence-corrected chi connectivity index (χ0v) is 19.2. The Balaban J connectivity index is 0.00000338. The van der Waals surface area contributed by atoms with Crippen molar-refractivity contribution in [2.45, 2.75) is 12.6 Å². The summed E-state index contributed by atoms with van der Waals surface area (Å²) in [5, 5.41) is 12.1. The summed E-state index contributed by atoms with van der Waals surface area (Å²) >= 11 is 12.1. The molecule has 0 radical (unpaired) electrons. The first-order valence-corrected chi connectivity index (χ1v) is 8.69. The third-order valence-electron chi connectivity index (χ3n) is 3.88. The maximum absolute atomic E-state index is 6.21. The lowest BCUT2D eigenvalue weighted by molar-refractivity contribution is 0.298. The van der Waals surface area contributed by atoms with Crippen molar-refractivity contribution in [2.24, 2.45) is 12.0 Å². The molecule has 144 valence electrons. The summed E-state index contributed by atoms with van der Waals surface area (Å²) in [6.45, 7) is 1.27. The van der Waals surface area contributed by atoms with Crippen LogP contribution < -0.4 is 10.6 Å². The van der Waals surface area contributed by atoms with Crippen molar-refractivity contribution >= 4 is 53.1 Å². The summed E-state index contributed by atoms with van der Waals surface area (Å²) in [4.78, 5) is 6.41. The average Bonchev–Trinajstić information content (AvgIpc) is 2.98. The second-order valence-corrected chi connectivity index (χ2v) is 6.81. The highest BCUT2D eigenvalue weighted by atomic mass is 127. The normalized spacial score (nSPS) is 12.7. The van der Waals surface area contributed by atoms with E-state index in [-0.39, 0.29) is 30.0 Å². The van der Waals surface area contributed by atoms with Gasteiger partial charge in [-0.15, -0.1) is 24.0 Å². The van der Waals surface area contributed by atoms with Crippen LogP contribution in [0, 0.1) is 0 Å². The average molecular weight is 511 g/mol. The number of nitrogens with zero attached hydrogens (tertiary/aromatic N) is 4. The van der Waals surface area contributed by atoms with Crippen LogP contribution in [0.1, 0.15) is 17.2 Å². The SMILES string of the molecule is CN=C(NCc1ccc(Cl)cc1Cl)NCC(c1cnn(C)c1)N(C)C.I. The number of hydrogen-bond donors (Lipinski definition) is 2. The van der Waals surface area contributed by atoms with Gasteiger partial charge in [-0.1, -0.05) is 29.3 Å². The quantitative estimate of drug-likeness (QED) is 0.355. The van der Waals surface area contributed by atoms with E-state index in [4.69, 9.17) is 23.2 Å². The third-order valence-corrected chi connectivity index (χ3v) is 4.47. The van der Waals surface area contributed by atoms with E-state index in [9.17, 15) is 0 Å². The molecule has 2 aromatic rings. The first kappa shape index (κ1) is 23.0. The molecule has 1 aromatic heterocycles. The Labute approximate surface area is 182 Å². The van der Waals surface area contributed by atoms with Gasteiger partial charge in [0.05, 0.1) is 12.2 Å². The second kappa shape index (κ2) is 11.0. The minimum atomic E-state index is 0. The third kappa shape index (κ3) is 6.61. The molecule has 1 unspecified atom stereocenters. The van der Waals surface area contributed by atoms with Crippen molar-refractivity contribution in [3.63, 3.8) is 0 Å². The van der Waals surface area contributed by atoms with Crippen LogP contribution in [-0.4, -0.2) is 48.3 Å². The molecule has 0 fully saturated rings. The van der Waals surface area contributed by atoms with Crippen LogP contribution in [0.5, 0.6) is 0 Å². The summed E-state index contributed by atoms with van der Waals surface area (Å²) in [5.74, 6) is 0.710. The maximum atomic E-state index is 6.21. The molecule has 6 nitrogen and oxygen atoms in total. The number of benzene rings is 1. The van der Waals surface area contributed by atoms with E-state index in [1.54, 1.807) is 17.8 Å². The zero-order valence-electron chi connectivity index (χ0n) is 15.3. The van der Waals surface area contributed by atoms with Crippen molar-refractivity contribution in [3.8, 4) is 0 Å². The van der Waals surface area contributed by atoms with E-state index in [1.807, 2.05) is 45.7 Å². The number of rotatable bonds is 6. The number of likely N-dealkylation sites (N-methyl/N-ethyl adjacent to an activating group) is 1. The molecule has 26 heavy (non-hydrogen) atoms. The Morgan fingerprint density at radius 3 is 2.58 bits per heavy atom. The van der Waals surface area contributed by atoms with Gasteiger partial charge in [-0.2, -0.15) is 5.10 Å². The number of guanidine groups is 1. The molecular formula is C17H25Cl2IN6. The Morgan fingerprint density at radius 2 is 2.04 bits per heavy atom. The van der Waals surface area contributed by atoms with Gasteiger partial charge in [-0.05, 0) is 31.8 Å². The summed E-state index contributed by atoms with van der Waals surface area (Å²) in [6.07, 6.45) is 3.91.